The summed E-state index contributed by atoms with van der Waals surface area (Å²) in [4.78, 5) is 11.6. The van der Waals surface area contributed by atoms with Gasteiger partial charge in [0.1, 0.15) is 0 Å². The highest BCUT2D eigenvalue weighted by atomic mass is 32.1. The van der Waals surface area contributed by atoms with Crippen molar-refractivity contribution >= 4 is 17.0 Å². The number of thiophene rings is 1. The second-order valence-corrected chi connectivity index (χ2v) is 8.92. The zero-order valence-corrected chi connectivity index (χ0v) is 17.8. The van der Waals surface area contributed by atoms with Gasteiger partial charge in [0, 0.05) is 28.5 Å². The van der Waals surface area contributed by atoms with Crippen LogP contribution in [0.2, 0.25) is 0 Å². The van der Waals surface area contributed by atoms with Crippen molar-refractivity contribution in [1.29, 1.82) is 0 Å². The molecule has 6 heteroatoms. The molecular weight excluding hydrogens is 404 g/mol. The third-order valence-electron chi connectivity index (χ3n) is 6.04. The molecule has 30 heavy (non-hydrogen) atoms. The smallest absolute Gasteiger partial charge is 0.258 e. The first-order valence-electron chi connectivity index (χ1n) is 10.1. The second-order valence-electron chi connectivity index (χ2n) is 7.96. The molecule has 1 aliphatic rings. The monoisotopic (exact) mass is 427 g/mol. The lowest BCUT2D eigenvalue weighted by molar-refractivity contribution is -0.385. The zero-order chi connectivity index (χ0) is 21.4. The molecule has 0 bridgehead atoms. The number of hydrogen-bond acceptors (Lipinski definition) is 3. The number of nitro benzene ring substituents is 1. The molecule has 0 N–H and O–H groups in total. The van der Waals surface area contributed by atoms with Crippen LogP contribution in [0.3, 0.4) is 0 Å². The maximum absolute atomic E-state index is 13.6. The van der Waals surface area contributed by atoms with Crippen LogP contribution < -0.4 is 0 Å². The van der Waals surface area contributed by atoms with Crippen molar-refractivity contribution in [3.63, 3.8) is 0 Å². The van der Waals surface area contributed by atoms with Gasteiger partial charge in [-0.1, -0.05) is 18.2 Å². The van der Waals surface area contributed by atoms with Crippen LogP contribution in [0.1, 0.15) is 57.5 Å². The van der Waals surface area contributed by atoms with Crippen molar-refractivity contribution in [3.05, 3.63) is 84.1 Å². The number of hydrogen-bond donors (Lipinski definition) is 0. The number of halogens is 2. The SMILES string of the molecule is Cc1cc(Cc2scc(-c3ccc4c(c3)CCCC4)c2C)c(C(F)F)cc1[N+](=O)[O-]. The number of alkyl halides is 2. The van der Waals surface area contributed by atoms with Gasteiger partial charge < -0.3 is 0 Å². The van der Waals surface area contributed by atoms with E-state index in [1.165, 1.54) is 35.6 Å². The average Bonchev–Trinajstić information content (AvgIpc) is 3.07. The summed E-state index contributed by atoms with van der Waals surface area (Å²) in [5.41, 5.74) is 6.59. The number of benzene rings is 2. The van der Waals surface area contributed by atoms with Gasteiger partial charge in [-0.15, -0.1) is 11.3 Å². The minimum atomic E-state index is -2.75. The van der Waals surface area contributed by atoms with Gasteiger partial charge in [0.05, 0.1) is 4.92 Å². The fraction of sp³-hybridized carbons (Fsp3) is 0.333. The lowest BCUT2D eigenvalue weighted by Gasteiger charge is -2.16. The van der Waals surface area contributed by atoms with Crippen molar-refractivity contribution in [3.8, 4) is 11.1 Å². The van der Waals surface area contributed by atoms with Crippen LogP contribution >= 0.6 is 11.3 Å². The molecule has 1 aromatic heterocycles. The van der Waals surface area contributed by atoms with Crippen LogP contribution in [0.5, 0.6) is 0 Å². The van der Waals surface area contributed by atoms with E-state index in [1.54, 1.807) is 18.3 Å². The minimum Gasteiger partial charge on any atom is -0.258 e. The van der Waals surface area contributed by atoms with Gasteiger partial charge in [-0.3, -0.25) is 10.1 Å². The summed E-state index contributed by atoms with van der Waals surface area (Å²) in [6, 6.07) is 9.22. The Morgan fingerprint density at radius 2 is 1.83 bits per heavy atom. The molecule has 1 aliphatic carbocycles. The van der Waals surface area contributed by atoms with E-state index in [0.29, 0.717) is 17.5 Å². The fourth-order valence-electron chi connectivity index (χ4n) is 4.32. The number of nitro groups is 1. The van der Waals surface area contributed by atoms with Gasteiger partial charge in [0.2, 0.25) is 0 Å². The Hall–Kier alpha value is -2.60. The number of fused-ring (bicyclic) bond motifs is 1. The van der Waals surface area contributed by atoms with E-state index in [0.717, 1.165) is 34.9 Å². The summed E-state index contributed by atoms with van der Waals surface area (Å²) in [5, 5.41) is 13.2. The molecule has 0 aliphatic heterocycles. The third kappa shape index (κ3) is 3.88. The van der Waals surface area contributed by atoms with E-state index in [2.05, 4.69) is 23.6 Å². The van der Waals surface area contributed by atoms with Gasteiger partial charge >= 0.3 is 0 Å². The molecule has 3 aromatic rings. The summed E-state index contributed by atoms with van der Waals surface area (Å²) in [6.07, 6.45) is 2.31. The second kappa shape index (κ2) is 8.26. The molecule has 0 spiro atoms. The number of nitrogens with zero attached hydrogens (tertiary/aromatic N) is 1. The molecule has 0 amide bonds. The van der Waals surface area contributed by atoms with Crippen LogP contribution in [0, 0.1) is 24.0 Å². The van der Waals surface area contributed by atoms with E-state index >= 15 is 0 Å². The van der Waals surface area contributed by atoms with Crippen LogP contribution in [0.15, 0.2) is 35.7 Å². The maximum Gasteiger partial charge on any atom is 0.272 e. The minimum absolute atomic E-state index is 0.254. The van der Waals surface area contributed by atoms with Gasteiger partial charge in [0.15, 0.2) is 0 Å². The van der Waals surface area contributed by atoms with E-state index in [-0.39, 0.29) is 11.3 Å². The number of aryl methyl sites for hydroxylation is 3. The van der Waals surface area contributed by atoms with E-state index in [9.17, 15) is 18.9 Å². The first-order chi connectivity index (χ1) is 14.3. The highest BCUT2D eigenvalue weighted by Crippen LogP contribution is 2.37. The molecule has 0 saturated carbocycles. The maximum atomic E-state index is 13.6. The fourth-order valence-corrected chi connectivity index (χ4v) is 5.41. The molecular formula is C24H23F2NO2S. The van der Waals surface area contributed by atoms with Gasteiger partial charge in [-0.05, 0) is 84.4 Å². The summed E-state index contributed by atoms with van der Waals surface area (Å²) in [5.74, 6) is 0. The average molecular weight is 428 g/mol. The lowest BCUT2D eigenvalue weighted by atomic mass is 9.89. The summed E-state index contributed by atoms with van der Waals surface area (Å²) in [6.45, 7) is 3.62. The topological polar surface area (TPSA) is 43.1 Å². The first kappa shape index (κ1) is 20.7. The molecule has 0 saturated heterocycles. The van der Waals surface area contributed by atoms with Crippen LogP contribution in [-0.2, 0) is 19.3 Å². The summed E-state index contributed by atoms with van der Waals surface area (Å²) < 4.78 is 27.2. The molecule has 4 rings (SSSR count). The largest absolute Gasteiger partial charge is 0.272 e. The highest BCUT2D eigenvalue weighted by Gasteiger charge is 2.22. The van der Waals surface area contributed by atoms with Crippen LogP contribution in [0.4, 0.5) is 14.5 Å². The van der Waals surface area contributed by atoms with Crippen LogP contribution in [-0.4, -0.2) is 4.92 Å². The third-order valence-corrected chi connectivity index (χ3v) is 7.13. The molecule has 0 unspecified atom stereocenters. The molecule has 0 radical (unpaired) electrons. The predicted molar refractivity (Wildman–Crippen MR) is 117 cm³/mol. The standard InChI is InChI=1S/C24H23F2NO2S/c1-14-9-19(20(24(25)26)12-22(14)27(28)29)11-23-15(2)21(13-30-23)18-8-7-16-5-3-4-6-17(16)10-18/h7-10,12-13,24H,3-6,11H2,1-2H3. The Morgan fingerprint density at radius 1 is 1.10 bits per heavy atom. The van der Waals surface area contributed by atoms with Crippen LogP contribution in [0.25, 0.3) is 11.1 Å². The van der Waals surface area contributed by atoms with Crippen molar-refractivity contribution in [2.24, 2.45) is 0 Å². The van der Waals surface area contributed by atoms with Crippen molar-refractivity contribution in [2.75, 3.05) is 0 Å². The van der Waals surface area contributed by atoms with E-state index in [1.807, 2.05) is 6.92 Å². The number of rotatable bonds is 5. The zero-order valence-electron chi connectivity index (χ0n) is 17.0. The van der Waals surface area contributed by atoms with Gasteiger partial charge in [-0.2, -0.15) is 0 Å². The quantitative estimate of drug-likeness (QED) is 0.316. The molecule has 0 fully saturated rings. The Balaban J connectivity index is 1.68. The lowest BCUT2D eigenvalue weighted by Crippen LogP contribution is -2.02. The Labute approximate surface area is 178 Å². The Kier molecular flexibility index (Phi) is 5.69. The molecule has 2 aromatic carbocycles. The molecule has 156 valence electrons. The van der Waals surface area contributed by atoms with Crippen molar-refractivity contribution in [1.82, 2.24) is 0 Å². The summed E-state index contributed by atoms with van der Waals surface area (Å²) in [7, 11) is 0. The Bertz CT molecular complexity index is 1120. The van der Waals surface area contributed by atoms with Crippen molar-refractivity contribution < 1.29 is 13.7 Å². The predicted octanol–water partition coefficient (Wildman–Crippen LogP) is 7.35. The van der Waals surface area contributed by atoms with E-state index < -0.39 is 11.3 Å². The summed E-state index contributed by atoms with van der Waals surface area (Å²) >= 11 is 1.56. The molecule has 3 nitrogen and oxygen atoms in total. The first-order valence-corrected chi connectivity index (χ1v) is 11.0. The molecule has 1 heterocycles. The molecule has 0 atom stereocenters. The van der Waals surface area contributed by atoms with E-state index in [4.69, 9.17) is 0 Å². The van der Waals surface area contributed by atoms with Crippen molar-refractivity contribution in [2.45, 2.75) is 52.4 Å². The Morgan fingerprint density at radius 3 is 2.53 bits per heavy atom. The highest BCUT2D eigenvalue weighted by molar-refractivity contribution is 7.10. The van der Waals surface area contributed by atoms with Gasteiger partial charge in [-0.25, -0.2) is 8.78 Å². The normalized spacial score (nSPS) is 13.5. The van der Waals surface area contributed by atoms with Gasteiger partial charge in [0.25, 0.3) is 12.1 Å².